The monoisotopic (exact) mass is 227 g/mol. The largest absolute Gasteiger partial charge is 0.484 e. The van der Waals surface area contributed by atoms with E-state index in [1.54, 1.807) is 6.08 Å². The van der Waals surface area contributed by atoms with Crippen molar-refractivity contribution >= 4 is 6.21 Å². The normalized spacial score (nSPS) is 18.2. The second-order valence-electron chi connectivity index (χ2n) is 2.69. The summed E-state index contributed by atoms with van der Waals surface area (Å²) in [4.78, 5) is 2.61. The molecule has 0 bridgehead atoms. The van der Waals surface area contributed by atoms with E-state index in [-0.39, 0.29) is 0 Å². The number of rotatable bonds is 0. The summed E-state index contributed by atoms with van der Waals surface area (Å²) in [7, 11) is 0. The summed E-state index contributed by atoms with van der Waals surface area (Å²) < 4.78 is 72.3. The van der Waals surface area contributed by atoms with E-state index in [9.17, 15) is 26.3 Å². The molecule has 0 unspecified atom stereocenters. The van der Waals surface area contributed by atoms with Gasteiger partial charge in [-0.3, -0.25) is 0 Å². The molecule has 0 saturated carbocycles. The first-order valence-corrected chi connectivity index (χ1v) is 3.58. The number of alkyl halides is 6. The van der Waals surface area contributed by atoms with Crippen LogP contribution in [0.3, 0.4) is 0 Å². The van der Waals surface area contributed by atoms with Crippen LogP contribution in [0, 0.1) is 6.08 Å². The van der Waals surface area contributed by atoms with Gasteiger partial charge in [-0.15, -0.1) is 0 Å². The average Bonchev–Trinajstić information content (AvgIpc) is 1.99. The Labute approximate surface area is 80.8 Å². The summed E-state index contributed by atoms with van der Waals surface area (Å²) in [5.74, 6) is 0. The minimum absolute atomic E-state index is 0.700. The lowest BCUT2D eigenvalue weighted by atomic mass is 10.1. The SMILES string of the molecule is CC1=C(C(F)(F)F)[N+]=[C]C(C(F)(F)F)=[C]1. The summed E-state index contributed by atoms with van der Waals surface area (Å²) in [5, 5.41) is 0. The van der Waals surface area contributed by atoms with Crippen LogP contribution >= 0.6 is 0 Å². The number of nitrogens with zero attached hydrogens (tertiary/aromatic N) is 1. The third-order valence-electron chi connectivity index (χ3n) is 1.50. The molecule has 0 aromatic carbocycles. The van der Waals surface area contributed by atoms with E-state index in [2.05, 4.69) is 4.99 Å². The van der Waals surface area contributed by atoms with Crippen molar-refractivity contribution in [3.63, 3.8) is 0 Å². The minimum atomic E-state index is -4.79. The lowest BCUT2D eigenvalue weighted by Crippen LogP contribution is -2.24. The maximum absolute atomic E-state index is 12.1. The molecule has 0 aromatic rings. The molecule has 0 saturated heterocycles. The van der Waals surface area contributed by atoms with E-state index in [0.29, 0.717) is 0 Å². The third-order valence-corrected chi connectivity index (χ3v) is 1.50. The molecule has 0 fully saturated rings. The van der Waals surface area contributed by atoms with Gasteiger partial charge in [0, 0.05) is 11.6 Å². The zero-order valence-electron chi connectivity index (χ0n) is 7.22. The van der Waals surface area contributed by atoms with Crippen molar-refractivity contribution in [1.29, 1.82) is 0 Å². The van der Waals surface area contributed by atoms with Crippen molar-refractivity contribution in [2.75, 3.05) is 0 Å². The van der Waals surface area contributed by atoms with Gasteiger partial charge in [-0.1, -0.05) is 0 Å². The Morgan fingerprint density at radius 2 is 1.53 bits per heavy atom. The van der Waals surface area contributed by atoms with E-state index in [4.69, 9.17) is 0 Å². The Morgan fingerprint density at radius 3 is 1.87 bits per heavy atom. The Balaban J connectivity index is 3.13. The smallest absolute Gasteiger partial charge is 0.166 e. The Bertz CT molecular complexity index is 354. The number of hydrogen-bond acceptors (Lipinski definition) is 1. The molecular formula is C8H3F6N+. The Kier molecular flexibility index (Phi) is 2.67. The second-order valence-corrected chi connectivity index (χ2v) is 2.69. The molecule has 0 amide bonds. The quantitative estimate of drug-likeness (QED) is 0.564. The van der Waals surface area contributed by atoms with Crippen LogP contribution in [-0.2, 0) is 0 Å². The van der Waals surface area contributed by atoms with Gasteiger partial charge in [0.15, 0.2) is 0 Å². The third kappa shape index (κ3) is 2.60. The lowest BCUT2D eigenvalue weighted by molar-refractivity contribution is -0.0969. The molecule has 1 aliphatic heterocycles. The van der Waals surface area contributed by atoms with Gasteiger partial charge in [0.25, 0.3) is 0 Å². The van der Waals surface area contributed by atoms with E-state index in [0.717, 1.165) is 6.92 Å². The van der Waals surface area contributed by atoms with Gasteiger partial charge >= 0.3 is 24.3 Å². The molecule has 1 rings (SSSR count). The highest BCUT2D eigenvalue weighted by Gasteiger charge is 2.48. The molecule has 0 aliphatic carbocycles. The topological polar surface area (TPSA) is 14.1 Å². The van der Waals surface area contributed by atoms with Crippen LogP contribution in [0.25, 0.3) is 0 Å². The maximum Gasteiger partial charge on any atom is 0.484 e. The van der Waals surface area contributed by atoms with Crippen molar-refractivity contribution in [1.82, 2.24) is 4.99 Å². The van der Waals surface area contributed by atoms with Crippen LogP contribution in [0.4, 0.5) is 26.3 Å². The first kappa shape index (κ1) is 11.8. The lowest BCUT2D eigenvalue weighted by Gasteiger charge is -2.06. The zero-order chi connectivity index (χ0) is 11.9. The molecule has 7 heteroatoms. The molecule has 81 valence electrons. The summed E-state index contributed by atoms with van der Waals surface area (Å²) in [6.45, 7) is 0.860. The minimum Gasteiger partial charge on any atom is -0.166 e. The Hall–Kier alpha value is -1.27. The van der Waals surface area contributed by atoms with Gasteiger partial charge in [0.2, 0.25) is 0 Å². The first-order valence-electron chi connectivity index (χ1n) is 3.58. The predicted octanol–water partition coefficient (Wildman–Crippen LogP) is 2.41. The molecule has 0 N–H and O–H groups in total. The summed E-state index contributed by atoms with van der Waals surface area (Å²) >= 11 is 0. The van der Waals surface area contributed by atoms with Crippen molar-refractivity contribution in [2.24, 2.45) is 0 Å². The van der Waals surface area contributed by atoms with Gasteiger partial charge < -0.3 is 0 Å². The molecule has 1 nitrogen and oxygen atoms in total. The highest BCUT2D eigenvalue weighted by Crippen LogP contribution is 2.31. The van der Waals surface area contributed by atoms with Crippen molar-refractivity contribution in [3.8, 4) is 0 Å². The summed E-state index contributed by atoms with van der Waals surface area (Å²) in [6.07, 6.45) is -6.75. The first-order chi connectivity index (χ1) is 6.62. The van der Waals surface area contributed by atoms with E-state index in [1.807, 2.05) is 0 Å². The van der Waals surface area contributed by atoms with Crippen LogP contribution in [0.1, 0.15) is 6.92 Å². The molecule has 1 aliphatic rings. The second kappa shape index (κ2) is 3.39. The van der Waals surface area contributed by atoms with Crippen LogP contribution in [0.15, 0.2) is 16.8 Å². The highest BCUT2D eigenvalue weighted by molar-refractivity contribution is 5.81. The number of aliphatic imine (C=N–C) groups is 1. The van der Waals surface area contributed by atoms with Crippen LogP contribution < -0.4 is 4.99 Å². The van der Waals surface area contributed by atoms with Crippen LogP contribution in [0.2, 0.25) is 0 Å². The van der Waals surface area contributed by atoms with E-state index in [1.165, 1.54) is 6.21 Å². The van der Waals surface area contributed by atoms with Gasteiger partial charge in [-0.25, -0.2) is 0 Å². The van der Waals surface area contributed by atoms with Crippen LogP contribution in [-0.4, -0.2) is 18.6 Å². The Morgan fingerprint density at radius 1 is 1.00 bits per heavy atom. The van der Waals surface area contributed by atoms with E-state index >= 15 is 0 Å². The molecule has 0 spiro atoms. The fraction of sp³-hybridized carbons (Fsp3) is 0.375. The predicted molar refractivity (Wildman–Crippen MR) is 38.7 cm³/mol. The zero-order valence-corrected chi connectivity index (χ0v) is 7.22. The molecule has 1 heterocycles. The molecular weight excluding hydrogens is 224 g/mol. The van der Waals surface area contributed by atoms with Crippen molar-refractivity contribution < 1.29 is 26.3 Å². The average molecular weight is 227 g/mol. The van der Waals surface area contributed by atoms with Gasteiger partial charge in [-0.2, -0.15) is 26.3 Å². The fourth-order valence-corrected chi connectivity index (χ4v) is 0.881. The number of allylic oxidation sites excluding steroid dienone is 4. The van der Waals surface area contributed by atoms with Crippen LogP contribution in [0.5, 0.6) is 0 Å². The van der Waals surface area contributed by atoms with Gasteiger partial charge in [0.05, 0.1) is 4.99 Å². The van der Waals surface area contributed by atoms with E-state index < -0.39 is 29.2 Å². The van der Waals surface area contributed by atoms with Crippen molar-refractivity contribution in [3.05, 3.63) is 22.9 Å². The number of hydrogen-bond donors (Lipinski definition) is 0. The molecule has 3 radical (unpaired) electrons. The summed E-state index contributed by atoms with van der Waals surface area (Å²) in [5.41, 5.74) is -3.54. The molecule has 0 aromatic heterocycles. The maximum atomic E-state index is 12.1. The molecule has 0 atom stereocenters. The standard InChI is InChI=1S/C8H3F6N/c1-4-2-5(7(9,10)11)3-15-6(4)8(12,13)14/h1H3/q+1. The molecule has 15 heavy (non-hydrogen) atoms. The highest BCUT2D eigenvalue weighted by atomic mass is 19.4. The fourth-order valence-electron chi connectivity index (χ4n) is 0.881. The van der Waals surface area contributed by atoms with Crippen molar-refractivity contribution in [2.45, 2.75) is 19.3 Å². The van der Waals surface area contributed by atoms with Gasteiger partial charge in [0.1, 0.15) is 5.57 Å². The van der Waals surface area contributed by atoms with Gasteiger partial charge in [-0.05, 0) is 6.92 Å². The summed E-state index contributed by atoms with van der Waals surface area (Å²) in [6, 6.07) is 0. The number of halogens is 6.